The number of likely N-dealkylation sites (tertiary alicyclic amines) is 1. The summed E-state index contributed by atoms with van der Waals surface area (Å²) < 4.78 is 13.9. The molecule has 2 fully saturated rings. The second kappa shape index (κ2) is 7.42. The molecule has 2 aliphatic rings. The Morgan fingerprint density at radius 3 is 2.56 bits per heavy atom. The molecule has 0 aromatic heterocycles. The smallest absolute Gasteiger partial charge is 0.245 e. The normalized spacial score (nSPS) is 22.4. The number of benzene rings is 1. The molecule has 1 aromatic carbocycles. The quantitative estimate of drug-likeness (QED) is 0.839. The Bertz CT molecular complexity index is 643. The number of para-hydroxylation sites is 1. The van der Waals surface area contributed by atoms with E-state index in [1.54, 1.807) is 17.0 Å². The number of hydrogen-bond donors (Lipinski definition) is 0. The summed E-state index contributed by atoms with van der Waals surface area (Å²) in [5, 5.41) is 0. The number of carbonyl (C=O) groups is 2. The maximum absolute atomic E-state index is 13.9. The molecule has 2 saturated heterocycles. The third kappa shape index (κ3) is 3.48. The lowest BCUT2D eigenvalue weighted by atomic mass is 10.1. The van der Waals surface area contributed by atoms with Crippen LogP contribution in [0.15, 0.2) is 24.3 Å². The molecule has 3 rings (SSSR count). The Hall–Kier alpha value is -2.11. The van der Waals surface area contributed by atoms with Gasteiger partial charge in [-0.25, -0.2) is 4.39 Å². The van der Waals surface area contributed by atoms with Gasteiger partial charge in [0.1, 0.15) is 11.9 Å². The van der Waals surface area contributed by atoms with Gasteiger partial charge in [-0.05, 0) is 31.9 Å². The van der Waals surface area contributed by atoms with E-state index in [9.17, 15) is 14.0 Å². The molecule has 0 spiro atoms. The molecule has 5 nitrogen and oxygen atoms in total. The van der Waals surface area contributed by atoms with Crippen LogP contribution in [0.4, 0.5) is 10.1 Å². The number of rotatable bonds is 4. The van der Waals surface area contributed by atoms with E-state index in [4.69, 9.17) is 0 Å². The maximum Gasteiger partial charge on any atom is 0.245 e. The van der Waals surface area contributed by atoms with Gasteiger partial charge in [-0.1, -0.05) is 19.1 Å². The van der Waals surface area contributed by atoms with E-state index in [1.165, 1.54) is 6.07 Å². The summed E-state index contributed by atoms with van der Waals surface area (Å²) >= 11 is 0. The van der Waals surface area contributed by atoms with Gasteiger partial charge in [0.15, 0.2) is 0 Å². The molecule has 0 unspecified atom stereocenters. The molecule has 25 heavy (non-hydrogen) atoms. The minimum absolute atomic E-state index is 0.0410. The van der Waals surface area contributed by atoms with Gasteiger partial charge in [0.05, 0.1) is 5.69 Å². The zero-order chi connectivity index (χ0) is 18.0. The van der Waals surface area contributed by atoms with E-state index in [1.807, 2.05) is 29.7 Å². The van der Waals surface area contributed by atoms with E-state index in [2.05, 4.69) is 0 Å². The standard InChI is InChI=1S/C19H26FN3O2/c1-3-14(2)23-17(8-9-18(23)24)19(25)22-12-10-21(11-13-22)16-7-5-4-6-15(16)20/h4-7,14,17H,3,8-13H2,1-2H3/t14-,17+/m1/s1. The lowest BCUT2D eigenvalue weighted by Gasteiger charge is -2.39. The molecule has 6 heteroatoms. The van der Waals surface area contributed by atoms with Crippen molar-refractivity contribution in [3.63, 3.8) is 0 Å². The highest BCUT2D eigenvalue weighted by Crippen LogP contribution is 2.26. The third-order valence-electron chi connectivity index (χ3n) is 5.39. The van der Waals surface area contributed by atoms with Gasteiger partial charge in [-0.3, -0.25) is 9.59 Å². The fourth-order valence-electron chi connectivity index (χ4n) is 3.78. The molecule has 0 bridgehead atoms. The fourth-order valence-corrected chi connectivity index (χ4v) is 3.78. The van der Waals surface area contributed by atoms with Crippen LogP contribution in [0.5, 0.6) is 0 Å². The molecule has 0 saturated carbocycles. The van der Waals surface area contributed by atoms with Crippen LogP contribution in [-0.4, -0.2) is 59.9 Å². The first kappa shape index (κ1) is 17.7. The van der Waals surface area contributed by atoms with Crippen molar-refractivity contribution >= 4 is 17.5 Å². The average Bonchev–Trinajstić information content (AvgIpc) is 3.02. The predicted molar refractivity (Wildman–Crippen MR) is 94.8 cm³/mol. The minimum atomic E-state index is -0.331. The van der Waals surface area contributed by atoms with Crippen LogP contribution in [-0.2, 0) is 9.59 Å². The first-order valence-corrected chi connectivity index (χ1v) is 9.12. The van der Waals surface area contributed by atoms with Gasteiger partial charge in [0, 0.05) is 38.6 Å². The molecule has 1 aromatic rings. The van der Waals surface area contributed by atoms with Crippen LogP contribution in [0.3, 0.4) is 0 Å². The van der Waals surface area contributed by atoms with Gasteiger partial charge in [0.2, 0.25) is 11.8 Å². The molecule has 2 atom stereocenters. The third-order valence-corrected chi connectivity index (χ3v) is 5.39. The summed E-state index contributed by atoms with van der Waals surface area (Å²) in [5.41, 5.74) is 0.590. The van der Waals surface area contributed by atoms with Crippen molar-refractivity contribution in [1.82, 2.24) is 9.80 Å². The summed E-state index contributed by atoms with van der Waals surface area (Å²) in [6, 6.07) is 6.49. The van der Waals surface area contributed by atoms with Gasteiger partial charge < -0.3 is 14.7 Å². The largest absolute Gasteiger partial charge is 0.366 e. The van der Waals surface area contributed by atoms with Crippen molar-refractivity contribution in [3.05, 3.63) is 30.1 Å². The van der Waals surface area contributed by atoms with Crippen LogP contribution in [0, 0.1) is 5.82 Å². The number of carbonyl (C=O) groups excluding carboxylic acids is 2. The molecule has 0 radical (unpaired) electrons. The Labute approximate surface area is 148 Å². The second-order valence-electron chi connectivity index (χ2n) is 6.88. The summed E-state index contributed by atoms with van der Waals surface area (Å²) in [6.45, 7) is 6.37. The second-order valence-corrected chi connectivity index (χ2v) is 6.88. The first-order chi connectivity index (χ1) is 12.0. The molecule has 2 aliphatic heterocycles. The Morgan fingerprint density at radius 2 is 1.92 bits per heavy atom. The number of nitrogens with zero attached hydrogens (tertiary/aromatic N) is 3. The summed E-state index contributed by atoms with van der Waals surface area (Å²) in [4.78, 5) is 30.7. The van der Waals surface area contributed by atoms with Crippen molar-refractivity contribution in [2.75, 3.05) is 31.1 Å². The van der Waals surface area contributed by atoms with Crippen molar-refractivity contribution in [2.24, 2.45) is 0 Å². The Morgan fingerprint density at radius 1 is 1.24 bits per heavy atom. The van der Waals surface area contributed by atoms with Gasteiger partial charge in [-0.15, -0.1) is 0 Å². The number of anilines is 1. The number of halogens is 1. The predicted octanol–water partition coefficient (Wildman–Crippen LogP) is 2.26. The molecule has 0 N–H and O–H groups in total. The summed E-state index contributed by atoms with van der Waals surface area (Å²) in [6.07, 6.45) is 1.90. The van der Waals surface area contributed by atoms with Crippen molar-refractivity contribution < 1.29 is 14.0 Å². The first-order valence-electron chi connectivity index (χ1n) is 9.12. The van der Waals surface area contributed by atoms with E-state index in [0.29, 0.717) is 44.7 Å². The highest BCUT2D eigenvalue weighted by Gasteiger charge is 2.40. The minimum Gasteiger partial charge on any atom is -0.366 e. The fraction of sp³-hybridized carbons (Fsp3) is 0.579. The topological polar surface area (TPSA) is 43.9 Å². The molecule has 2 heterocycles. The molecular weight excluding hydrogens is 321 g/mol. The van der Waals surface area contributed by atoms with Crippen LogP contribution < -0.4 is 4.90 Å². The van der Waals surface area contributed by atoms with Crippen molar-refractivity contribution in [3.8, 4) is 0 Å². The van der Waals surface area contributed by atoms with Crippen molar-refractivity contribution in [2.45, 2.75) is 45.2 Å². The van der Waals surface area contributed by atoms with Crippen LogP contribution in [0.1, 0.15) is 33.1 Å². The highest BCUT2D eigenvalue weighted by molar-refractivity contribution is 5.91. The Kier molecular flexibility index (Phi) is 5.25. The van der Waals surface area contributed by atoms with Crippen LogP contribution in [0.2, 0.25) is 0 Å². The Balaban J connectivity index is 1.64. The molecule has 2 amide bonds. The van der Waals surface area contributed by atoms with Gasteiger partial charge in [-0.2, -0.15) is 0 Å². The highest BCUT2D eigenvalue weighted by atomic mass is 19.1. The SMILES string of the molecule is CC[C@@H](C)N1C(=O)CC[C@H]1C(=O)N1CCN(c2ccccc2F)CC1. The van der Waals surface area contributed by atoms with Crippen LogP contribution >= 0.6 is 0 Å². The number of piperazine rings is 1. The zero-order valence-corrected chi connectivity index (χ0v) is 14.9. The maximum atomic E-state index is 13.9. The number of hydrogen-bond acceptors (Lipinski definition) is 3. The van der Waals surface area contributed by atoms with E-state index in [-0.39, 0.29) is 29.7 Å². The van der Waals surface area contributed by atoms with Crippen molar-refractivity contribution in [1.29, 1.82) is 0 Å². The van der Waals surface area contributed by atoms with Gasteiger partial charge >= 0.3 is 0 Å². The zero-order valence-electron chi connectivity index (χ0n) is 14.9. The number of amides is 2. The molecular formula is C19H26FN3O2. The monoisotopic (exact) mass is 347 g/mol. The summed E-state index contributed by atoms with van der Waals surface area (Å²) in [5.74, 6) is -0.108. The average molecular weight is 347 g/mol. The molecule has 136 valence electrons. The van der Waals surface area contributed by atoms with Gasteiger partial charge in [0.25, 0.3) is 0 Å². The van der Waals surface area contributed by atoms with E-state index >= 15 is 0 Å². The van der Waals surface area contributed by atoms with Crippen LogP contribution in [0.25, 0.3) is 0 Å². The summed E-state index contributed by atoms with van der Waals surface area (Å²) in [7, 11) is 0. The van der Waals surface area contributed by atoms with E-state index < -0.39 is 0 Å². The lowest BCUT2D eigenvalue weighted by molar-refractivity contribution is -0.143. The van der Waals surface area contributed by atoms with E-state index in [0.717, 1.165) is 6.42 Å². The lowest BCUT2D eigenvalue weighted by Crippen LogP contribution is -2.55. The molecule has 0 aliphatic carbocycles.